The summed E-state index contributed by atoms with van der Waals surface area (Å²) in [6, 6.07) is 3.38. The summed E-state index contributed by atoms with van der Waals surface area (Å²) in [5.74, 6) is 0.523. The molecule has 0 atom stereocenters. The Labute approximate surface area is 118 Å². The first-order chi connectivity index (χ1) is 9.19. The van der Waals surface area contributed by atoms with E-state index in [0.717, 1.165) is 23.4 Å². The quantitative estimate of drug-likeness (QED) is 0.748. The predicted molar refractivity (Wildman–Crippen MR) is 76.3 cm³/mol. The van der Waals surface area contributed by atoms with Gasteiger partial charge in [-0.1, -0.05) is 29.4 Å². The Hall–Kier alpha value is -1.66. The smallest absolute Gasteiger partial charge is 0.241 e. The third-order valence-corrected chi connectivity index (χ3v) is 3.83. The van der Waals surface area contributed by atoms with Crippen LogP contribution < -0.4 is 5.73 Å². The van der Waals surface area contributed by atoms with E-state index < -0.39 is 0 Å². The zero-order chi connectivity index (χ0) is 13.4. The molecule has 0 saturated heterocycles. The maximum atomic E-state index is 5.97. The topological polar surface area (TPSA) is 77.8 Å². The molecule has 3 aromatic rings. The van der Waals surface area contributed by atoms with Crippen molar-refractivity contribution in [1.29, 1.82) is 0 Å². The van der Waals surface area contributed by atoms with Crippen LogP contribution in [-0.4, -0.2) is 14.6 Å². The molecule has 1 aromatic carbocycles. The normalized spacial score (nSPS) is 11.3. The molecule has 2 N–H and O–H groups in total. The summed E-state index contributed by atoms with van der Waals surface area (Å²) in [5, 5.41) is 4.58. The minimum atomic E-state index is 0.476. The summed E-state index contributed by atoms with van der Waals surface area (Å²) >= 11 is 7.26. The molecule has 0 bridgehead atoms. The van der Waals surface area contributed by atoms with Gasteiger partial charge in [-0.05, 0) is 24.0 Å². The van der Waals surface area contributed by atoms with E-state index in [2.05, 4.69) is 21.5 Å². The van der Waals surface area contributed by atoms with Gasteiger partial charge in [0.05, 0.1) is 16.4 Å². The summed E-state index contributed by atoms with van der Waals surface area (Å²) in [6.45, 7) is 2.09. The van der Waals surface area contributed by atoms with Crippen LogP contribution in [0.5, 0.6) is 0 Å². The van der Waals surface area contributed by atoms with Gasteiger partial charge in [0.15, 0.2) is 5.58 Å². The molecular formula is C12H11ClN4OS. The summed E-state index contributed by atoms with van der Waals surface area (Å²) in [6.07, 6.45) is 1.85. The van der Waals surface area contributed by atoms with Crippen LogP contribution in [0.25, 0.3) is 21.9 Å². The molecule has 2 aromatic heterocycles. The van der Waals surface area contributed by atoms with Crippen molar-refractivity contribution >= 4 is 39.9 Å². The van der Waals surface area contributed by atoms with E-state index in [4.69, 9.17) is 21.8 Å². The van der Waals surface area contributed by atoms with E-state index in [1.807, 2.05) is 0 Å². The molecule has 0 fully saturated rings. The zero-order valence-corrected chi connectivity index (χ0v) is 11.8. The first kappa shape index (κ1) is 12.4. The maximum Gasteiger partial charge on any atom is 0.241 e. The van der Waals surface area contributed by atoms with Crippen molar-refractivity contribution in [2.45, 2.75) is 19.8 Å². The average Bonchev–Trinajstić information content (AvgIpc) is 2.96. The first-order valence-corrected chi connectivity index (χ1v) is 7.01. The van der Waals surface area contributed by atoms with E-state index in [9.17, 15) is 0 Å². The molecule has 0 aliphatic carbocycles. The number of halogens is 1. The predicted octanol–water partition coefficient (Wildman–Crippen LogP) is 3.53. The van der Waals surface area contributed by atoms with Crippen molar-refractivity contribution in [1.82, 2.24) is 14.6 Å². The fourth-order valence-corrected chi connectivity index (χ4v) is 2.63. The van der Waals surface area contributed by atoms with Crippen molar-refractivity contribution in [3.8, 4) is 10.8 Å². The van der Waals surface area contributed by atoms with Crippen molar-refractivity contribution < 1.29 is 4.42 Å². The molecule has 0 aliphatic rings. The lowest BCUT2D eigenvalue weighted by Crippen LogP contribution is -1.86. The van der Waals surface area contributed by atoms with E-state index in [-0.39, 0.29) is 0 Å². The minimum absolute atomic E-state index is 0.476. The number of rotatable bonds is 3. The van der Waals surface area contributed by atoms with Gasteiger partial charge in [0.2, 0.25) is 5.89 Å². The molecule has 5 nitrogen and oxygen atoms in total. The fourth-order valence-electron chi connectivity index (χ4n) is 1.83. The monoisotopic (exact) mass is 294 g/mol. The number of aryl methyl sites for hydroxylation is 1. The number of oxazole rings is 1. The second-order valence-electron chi connectivity index (χ2n) is 4.16. The Kier molecular flexibility index (Phi) is 3.12. The van der Waals surface area contributed by atoms with Gasteiger partial charge < -0.3 is 10.2 Å². The van der Waals surface area contributed by atoms with Crippen LogP contribution in [0.15, 0.2) is 16.5 Å². The maximum absolute atomic E-state index is 5.97. The number of hydrogen-bond acceptors (Lipinski definition) is 6. The van der Waals surface area contributed by atoms with Gasteiger partial charge in [0, 0.05) is 6.07 Å². The SMILES string of the molecule is CCCc1nnsc1-c1nc2cc(Cl)c(N)cc2o1. The van der Waals surface area contributed by atoms with Crippen LogP contribution in [0.2, 0.25) is 5.02 Å². The molecule has 2 heterocycles. The molecular weight excluding hydrogens is 284 g/mol. The second-order valence-corrected chi connectivity index (χ2v) is 5.32. The van der Waals surface area contributed by atoms with Crippen LogP contribution in [0.3, 0.4) is 0 Å². The Morgan fingerprint density at radius 2 is 2.26 bits per heavy atom. The standard InChI is InChI=1S/C12H11ClN4OS/c1-2-3-8-11(19-17-16-8)12-15-9-4-6(13)7(14)5-10(9)18-12/h4-5H,2-3,14H2,1H3. The number of fused-ring (bicyclic) bond motifs is 1. The highest BCUT2D eigenvalue weighted by Gasteiger charge is 2.16. The lowest BCUT2D eigenvalue weighted by molar-refractivity contribution is 0.620. The number of benzene rings is 1. The molecule has 0 radical (unpaired) electrons. The van der Waals surface area contributed by atoms with Crippen LogP contribution >= 0.6 is 23.1 Å². The number of nitrogens with two attached hydrogens (primary N) is 1. The average molecular weight is 295 g/mol. The molecule has 0 saturated carbocycles. The van der Waals surface area contributed by atoms with Crippen LogP contribution in [0, 0.1) is 0 Å². The van der Waals surface area contributed by atoms with E-state index >= 15 is 0 Å². The lowest BCUT2D eigenvalue weighted by atomic mass is 10.2. The molecule has 3 rings (SSSR count). The Bertz CT molecular complexity index is 697. The summed E-state index contributed by atoms with van der Waals surface area (Å²) in [5.41, 5.74) is 8.45. The number of hydrogen-bond donors (Lipinski definition) is 1. The van der Waals surface area contributed by atoms with Crippen LogP contribution in [-0.2, 0) is 6.42 Å². The number of nitrogen functional groups attached to an aromatic ring is 1. The largest absolute Gasteiger partial charge is 0.435 e. The van der Waals surface area contributed by atoms with E-state index in [1.165, 1.54) is 11.5 Å². The Morgan fingerprint density at radius 1 is 1.42 bits per heavy atom. The third-order valence-electron chi connectivity index (χ3n) is 2.74. The van der Waals surface area contributed by atoms with Gasteiger partial charge in [-0.3, -0.25) is 0 Å². The zero-order valence-electron chi connectivity index (χ0n) is 10.2. The number of anilines is 1. The van der Waals surface area contributed by atoms with Gasteiger partial charge >= 0.3 is 0 Å². The highest BCUT2D eigenvalue weighted by Crippen LogP contribution is 2.32. The molecule has 0 amide bonds. The molecule has 7 heteroatoms. The Balaban J connectivity index is 2.12. The fraction of sp³-hybridized carbons (Fsp3) is 0.250. The molecule has 19 heavy (non-hydrogen) atoms. The second kappa shape index (κ2) is 4.79. The van der Waals surface area contributed by atoms with Crippen molar-refractivity contribution in [2.75, 3.05) is 5.73 Å². The van der Waals surface area contributed by atoms with Gasteiger partial charge in [-0.25, -0.2) is 4.98 Å². The summed E-state index contributed by atoms with van der Waals surface area (Å²) in [4.78, 5) is 5.29. The van der Waals surface area contributed by atoms with Gasteiger partial charge in [0.1, 0.15) is 10.4 Å². The first-order valence-electron chi connectivity index (χ1n) is 5.86. The molecule has 0 aliphatic heterocycles. The summed E-state index contributed by atoms with van der Waals surface area (Å²) < 4.78 is 9.68. The molecule has 0 unspecified atom stereocenters. The van der Waals surface area contributed by atoms with Crippen LogP contribution in [0.4, 0.5) is 5.69 Å². The van der Waals surface area contributed by atoms with Gasteiger partial charge in [-0.15, -0.1) is 5.10 Å². The van der Waals surface area contributed by atoms with E-state index in [0.29, 0.717) is 27.7 Å². The number of aromatic nitrogens is 3. The van der Waals surface area contributed by atoms with Crippen molar-refractivity contribution in [3.05, 3.63) is 22.8 Å². The highest BCUT2D eigenvalue weighted by atomic mass is 35.5. The lowest BCUT2D eigenvalue weighted by Gasteiger charge is -1.94. The third kappa shape index (κ3) is 2.17. The summed E-state index contributed by atoms with van der Waals surface area (Å²) in [7, 11) is 0. The highest BCUT2D eigenvalue weighted by molar-refractivity contribution is 7.09. The van der Waals surface area contributed by atoms with E-state index in [1.54, 1.807) is 12.1 Å². The minimum Gasteiger partial charge on any atom is -0.435 e. The van der Waals surface area contributed by atoms with Gasteiger partial charge in [0.25, 0.3) is 0 Å². The van der Waals surface area contributed by atoms with Crippen molar-refractivity contribution in [2.24, 2.45) is 0 Å². The van der Waals surface area contributed by atoms with Crippen molar-refractivity contribution in [3.63, 3.8) is 0 Å². The van der Waals surface area contributed by atoms with Crippen LogP contribution in [0.1, 0.15) is 19.0 Å². The number of nitrogens with zero attached hydrogens (tertiary/aromatic N) is 3. The Morgan fingerprint density at radius 3 is 3.05 bits per heavy atom. The van der Waals surface area contributed by atoms with Gasteiger partial charge in [-0.2, -0.15) is 0 Å². The molecule has 0 spiro atoms. The molecule has 98 valence electrons.